The molecule has 0 aromatic rings. The van der Waals surface area contributed by atoms with E-state index in [1.807, 2.05) is 0 Å². The van der Waals surface area contributed by atoms with Crippen molar-refractivity contribution in [2.45, 2.75) is 412 Å². The number of aliphatic hydroxyl groups excluding tert-OH is 1. The van der Waals surface area contributed by atoms with Crippen molar-refractivity contribution in [2.24, 2.45) is 5.92 Å². The highest BCUT2D eigenvalue weighted by Gasteiger charge is 2.30. The Labute approximate surface area is 575 Å². The number of ether oxygens (including phenoxy) is 4. The fourth-order valence-corrected chi connectivity index (χ4v) is 13.1. The quantitative estimate of drug-likeness (QED) is 0.0222. The molecule has 0 aromatic carbocycles. The number of esters is 4. The van der Waals surface area contributed by atoms with Gasteiger partial charge >= 0.3 is 39.5 Å². The molecule has 0 aromatic heterocycles. The molecule has 0 spiro atoms. The number of unbranched alkanes of at least 4 members (excludes halogenated alkanes) is 47. The van der Waals surface area contributed by atoms with Crippen LogP contribution in [0.5, 0.6) is 0 Å². The van der Waals surface area contributed by atoms with Crippen molar-refractivity contribution in [1.82, 2.24) is 0 Å². The zero-order chi connectivity index (χ0) is 69.1. The summed E-state index contributed by atoms with van der Waals surface area (Å²) in [6.07, 6.45) is 56.9. The minimum absolute atomic E-state index is 0.107. The van der Waals surface area contributed by atoms with E-state index >= 15 is 0 Å². The summed E-state index contributed by atoms with van der Waals surface area (Å²) in [5.41, 5.74) is 0. The van der Waals surface area contributed by atoms with Crippen molar-refractivity contribution in [3.05, 3.63) is 0 Å². The van der Waals surface area contributed by atoms with E-state index in [2.05, 4.69) is 34.6 Å². The minimum Gasteiger partial charge on any atom is -0.462 e. The maximum atomic E-state index is 13.1. The molecule has 0 aliphatic carbocycles. The summed E-state index contributed by atoms with van der Waals surface area (Å²) in [4.78, 5) is 72.7. The van der Waals surface area contributed by atoms with E-state index in [4.69, 9.17) is 37.0 Å². The minimum atomic E-state index is -4.96. The highest BCUT2D eigenvalue weighted by molar-refractivity contribution is 7.47. The van der Waals surface area contributed by atoms with Gasteiger partial charge in [-0.15, -0.1) is 0 Å². The van der Waals surface area contributed by atoms with Crippen LogP contribution >= 0.6 is 15.6 Å². The van der Waals surface area contributed by atoms with Crippen LogP contribution < -0.4 is 0 Å². The molecule has 19 heteroatoms. The number of hydrogen-bond acceptors (Lipinski definition) is 15. The molecule has 0 saturated carbocycles. The van der Waals surface area contributed by atoms with Gasteiger partial charge in [-0.25, -0.2) is 9.13 Å². The standard InChI is InChI=1S/C75H146O17P2/c1-6-9-12-15-18-21-23-24-25-26-27-28-33-36-41-46-51-56-61-75(80)92-71(65-86-73(78)59-54-49-44-40-35-32-30-29-31-34-38-42-47-52-57-68(4)5)67-90-94(83,84)88-63-69(76)62-87-93(81,82)89-66-70(64-85-72(77)58-53-48-43-37-20-17-14-11-8-3)91-74(79)60-55-50-45-39-22-19-16-13-10-7-2/h68-71,76H,6-67H2,1-5H3,(H,81,82)(H,83,84)/t69-,70+,71+/m0/s1. The zero-order valence-electron chi connectivity index (χ0n) is 61.1. The molecule has 0 aliphatic rings. The number of aliphatic hydroxyl groups is 1. The maximum Gasteiger partial charge on any atom is 0.472 e. The Bertz CT molecular complexity index is 1810. The van der Waals surface area contributed by atoms with Gasteiger partial charge in [0.2, 0.25) is 0 Å². The van der Waals surface area contributed by atoms with Crippen molar-refractivity contribution in [3.8, 4) is 0 Å². The van der Waals surface area contributed by atoms with Gasteiger partial charge in [0.15, 0.2) is 12.2 Å². The molecule has 0 bridgehead atoms. The second-order valence-corrected chi connectivity index (χ2v) is 30.4. The topological polar surface area (TPSA) is 237 Å². The van der Waals surface area contributed by atoms with Crippen LogP contribution in [0.4, 0.5) is 0 Å². The van der Waals surface area contributed by atoms with E-state index in [1.165, 1.54) is 218 Å². The van der Waals surface area contributed by atoms with Crippen molar-refractivity contribution >= 4 is 39.5 Å². The van der Waals surface area contributed by atoms with Crippen molar-refractivity contribution in [3.63, 3.8) is 0 Å². The van der Waals surface area contributed by atoms with Crippen LogP contribution in [0.1, 0.15) is 394 Å². The van der Waals surface area contributed by atoms with Gasteiger partial charge in [-0.05, 0) is 31.6 Å². The molecule has 0 fully saturated rings. The number of phosphoric ester groups is 2. The fourth-order valence-electron chi connectivity index (χ4n) is 11.5. The summed E-state index contributed by atoms with van der Waals surface area (Å²) in [5, 5.41) is 10.6. The lowest BCUT2D eigenvalue weighted by atomic mass is 10.0. The lowest BCUT2D eigenvalue weighted by molar-refractivity contribution is -0.161. The normalized spacial score (nSPS) is 14.0. The van der Waals surface area contributed by atoms with Crippen molar-refractivity contribution < 1.29 is 80.2 Å². The van der Waals surface area contributed by atoms with E-state index < -0.39 is 97.5 Å². The Morgan fingerprint density at radius 3 is 0.723 bits per heavy atom. The number of phosphoric acid groups is 2. The molecule has 3 N–H and O–H groups in total. The van der Waals surface area contributed by atoms with Gasteiger partial charge in [0.05, 0.1) is 26.4 Å². The summed E-state index contributed by atoms with van der Waals surface area (Å²) in [6, 6.07) is 0. The van der Waals surface area contributed by atoms with Gasteiger partial charge in [0.1, 0.15) is 19.3 Å². The van der Waals surface area contributed by atoms with Gasteiger partial charge in [-0.3, -0.25) is 37.3 Å². The predicted molar refractivity (Wildman–Crippen MR) is 382 cm³/mol. The maximum absolute atomic E-state index is 13.1. The Kier molecular flexibility index (Phi) is 66.8. The average molecular weight is 1380 g/mol. The molecule has 0 aliphatic heterocycles. The van der Waals surface area contributed by atoms with Crippen LogP contribution in [0.15, 0.2) is 0 Å². The lowest BCUT2D eigenvalue weighted by Gasteiger charge is -2.21. The summed E-state index contributed by atoms with van der Waals surface area (Å²) in [5.74, 6) is -1.32. The third kappa shape index (κ3) is 68.6. The molecule has 17 nitrogen and oxygen atoms in total. The summed E-state index contributed by atoms with van der Waals surface area (Å²) >= 11 is 0. The van der Waals surface area contributed by atoms with Crippen molar-refractivity contribution in [1.29, 1.82) is 0 Å². The zero-order valence-corrected chi connectivity index (χ0v) is 62.9. The molecule has 94 heavy (non-hydrogen) atoms. The second kappa shape index (κ2) is 68.2. The molecule has 0 amide bonds. The van der Waals surface area contributed by atoms with Gasteiger partial charge in [-0.1, -0.05) is 343 Å². The van der Waals surface area contributed by atoms with Crippen LogP contribution in [-0.4, -0.2) is 96.7 Å². The number of carbonyl (C=O) groups is 4. The number of rotatable bonds is 75. The first-order valence-electron chi connectivity index (χ1n) is 39.1. The second-order valence-electron chi connectivity index (χ2n) is 27.5. The van der Waals surface area contributed by atoms with Gasteiger partial charge in [-0.2, -0.15) is 0 Å². The summed E-state index contributed by atoms with van der Waals surface area (Å²) in [7, 11) is -9.90. The number of carbonyl (C=O) groups excluding carboxylic acids is 4. The SMILES string of the molecule is CCCCCCCCCCCCCCCCCCCCC(=O)O[C@H](COC(=O)CCCCCCCCCCCCCCCCC(C)C)COP(=O)(O)OC[C@@H](O)COP(=O)(O)OC[C@@H](COC(=O)CCCCCCCCCCC)OC(=O)CCCCCCCCCCCC. The summed E-state index contributed by atoms with van der Waals surface area (Å²) < 4.78 is 68.4. The Hall–Kier alpha value is -1.94. The van der Waals surface area contributed by atoms with Crippen LogP contribution in [0.2, 0.25) is 0 Å². The van der Waals surface area contributed by atoms with Crippen LogP contribution in [-0.2, 0) is 65.4 Å². The molecule has 2 unspecified atom stereocenters. The average Bonchev–Trinajstić information content (AvgIpc) is 1.29. The van der Waals surface area contributed by atoms with E-state index in [0.29, 0.717) is 25.7 Å². The molecule has 0 rings (SSSR count). The van der Waals surface area contributed by atoms with Crippen LogP contribution in [0.25, 0.3) is 0 Å². The highest BCUT2D eigenvalue weighted by Crippen LogP contribution is 2.45. The third-order valence-corrected chi connectivity index (χ3v) is 19.4. The Balaban J connectivity index is 5.20. The van der Waals surface area contributed by atoms with Crippen LogP contribution in [0, 0.1) is 5.92 Å². The molecule has 0 heterocycles. The molecule has 558 valence electrons. The Morgan fingerprint density at radius 1 is 0.287 bits per heavy atom. The van der Waals surface area contributed by atoms with Crippen LogP contribution in [0.3, 0.4) is 0 Å². The van der Waals surface area contributed by atoms with Gasteiger partial charge in [0, 0.05) is 25.7 Å². The molecule has 5 atom stereocenters. The molecule has 0 saturated heterocycles. The lowest BCUT2D eigenvalue weighted by Crippen LogP contribution is -2.30. The third-order valence-electron chi connectivity index (χ3n) is 17.5. The van der Waals surface area contributed by atoms with E-state index in [-0.39, 0.29) is 25.7 Å². The largest absolute Gasteiger partial charge is 0.472 e. The molecule has 0 radical (unpaired) electrons. The van der Waals surface area contributed by atoms with E-state index in [1.54, 1.807) is 0 Å². The first-order valence-corrected chi connectivity index (χ1v) is 42.1. The monoisotopic (exact) mass is 1380 g/mol. The smallest absolute Gasteiger partial charge is 0.462 e. The first-order chi connectivity index (χ1) is 45.5. The predicted octanol–water partition coefficient (Wildman–Crippen LogP) is 22.1. The first kappa shape index (κ1) is 92.1. The van der Waals surface area contributed by atoms with E-state index in [9.17, 15) is 43.2 Å². The highest BCUT2D eigenvalue weighted by atomic mass is 31.2. The molecular weight excluding hydrogens is 1230 g/mol. The fraction of sp³-hybridized carbons (Fsp3) is 0.947. The van der Waals surface area contributed by atoms with Gasteiger partial charge < -0.3 is 33.8 Å². The van der Waals surface area contributed by atoms with E-state index in [0.717, 1.165) is 95.8 Å². The van der Waals surface area contributed by atoms with Gasteiger partial charge in [0.25, 0.3) is 0 Å². The summed E-state index contributed by atoms with van der Waals surface area (Å²) in [6.45, 7) is 7.29. The number of hydrogen-bond donors (Lipinski definition) is 3. The van der Waals surface area contributed by atoms with Crippen molar-refractivity contribution in [2.75, 3.05) is 39.6 Å². The Morgan fingerprint density at radius 2 is 0.489 bits per heavy atom. The molecular formula is C75H146O17P2.